The van der Waals surface area contributed by atoms with Crippen molar-refractivity contribution < 1.29 is 0 Å². The third kappa shape index (κ3) is 1.99. The SMILES string of the molecule is Cc1ccccc1-c1nc2ccccc2n1-c1ccccn1. The predicted molar refractivity (Wildman–Crippen MR) is 89.0 cm³/mol. The molecular formula is C19H15N3. The van der Waals surface area contributed by atoms with Crippen LogP contribution in [0.5, 0.6) is 0 Å². The van der Waals surface area contributed by atoms with Gasteiger partial charge in [0.2, 0.25) is 0 Å². The largest absolute Gasteiger partial charge is 0.276 e. The third-order valence-electron chi connectivity index (χ3n) is 3.83. The van der Waals surface area contributed by atoms with Gasteiger partial charge in [-0.15, -0.1) is 0 Å². The first-order valence-corrected chi connectivity index (χ1v) is 7.29. The summed E-state index contributed by atoms with van der Waals surface area (Å²) < 4.78 is 2.12. The molecular weight excluding hydrogens is 270 g/mol. The molecule has 0 N–H and O–H groups in total. The van der Waals surface area contributed by atoms with Crippen molar-refractivity contribution >= 4 is 11.0 Å². The molecule has 0 aliphatic rings. The lowest BCUT2D eigenvalue weighted by Gasteiger charge is -2.10. The van der Waals surface area contributed by atoms with Crippen LogP contribution in [0.15, 0.2) is 72.9 Å². The molecule has 0 aliphatic carbocycles. The molecule has 0 bridgehead atoms. The number of fused-ring (bicyclic) bond motifs is 1. The number of benzene rings is 2. The molecule has 0 atom stereocenters. The van der Waals surface area contributed by atoms with Crippen LogP contribution < -0.4 is 0 Å². The minimum absolute atomic E-state index is 0.884. The molecule has 2 heterocycles. The van der Waals surface area contributed by atoms with Crippen LogP contribution in [0.3, 0.4) is 0 Å². The van der Waals surface area contributed by atoms with Crippen LogP contribution in [0.1, 0.15) is 5.56 Å². The number of aromatic nitrogens is 3. The zero-order valence-electron chi connectivity index (χ0n) is 12.3. The lowest BCUT2D eigenvalue weighted by atomic mass is 10.1. The number of aryl methyl sites for hydroxylation is 1. The zero-order valence-corrected chi connectivity index (χ0v) is 12.3. The van der Waals surface area contributed by atoms with Crippen LogP contribution in [-0.2, 0) is 0 Å². The molecule has 0 spiro atoms. The minimum Gasteiger partial charge on any atom is -0.276 e. The molecule has 0 fully saturated rings. The molecule has 106 valence electrons. The highest BCUT2D eigenvalue weighted by molar-refractivity contribution is 5.83. The van der Waals surface area contributed by atoms with Crippen molar-refractivity contribution in [1.82, 2.24) is 14.5 Å². The normalized spacial score (nSPS) is 11.0. The van der Waals surface area contributed by atoms with Crippen molar-refractivity contribution in [3.05, 3.63) is 78.5 Å². The second-order valence-corrected chi connectivity index (χ2v) is 5.26. The first kappa shape index (κ1) is 12.8. The van der Waals surface area contributed by atoms with Crippen molar-refractivity contribution in [3.8, 4) is 17.2 Å². The first-order chi connectivity index (χ1) is 10.8. The van der Waals surface area contributed by atoms with E-state index >= 15 is 0 Å². The van der Waals surface area contributed by atoms with Crippen LogP contribution in [0.2, 0.25) is 0 Å². The van der Waals surface area contributed by atoms with Gasteiger partial charge in [-0.05, 0) is 36.8 Å². The summed E-state index contributed by atoms with van der Waals surface area (Å²) in [5.41, 5.74) is 4.38. The fourth-order valence-corrected chi connectivity index (χ4v) is 2.75. The van der Waals surface area contributed by atoms with Crippen LogP contribution in [0.25, 0.3) is 28.2 Å². The number of hydrogen-bond donors (Lipinski definition) is 0. The number of nitrogens with zero attached hydrogens (tertiary/aromatic N) is 3. The fourth-order valence-electron chi connectivity index (χ4n) is 2.75. The van der Waals surface area contributed by atoms with Crippen molar-refractivity contribution in [2.45, 2.75) is 6.92 Å². The Bertz CT molecular complexity index is 939. The summed E-state index contributed by atoms with van der Waals surface area (Å²) in [6, 6.07) is 22.4. The number of pyridine rings is 1. The van der Waals surface area contributed by atoms with E-state index in [4.69, 9.17) is 4.98 Å². The minimum atomic E-state index is 0.884. The summed E-state index contributed by atoms with van der Waals surface area (Å²) in [5.74, 6) is 1.81. The number of imidazole rings is 1. The Morgan fingerprint density at radius 1 is 0.818 bits per heavy atom. The van der Waals surface area contributed by atoms with Gasteiger partial charge in [-0.1, -0.05) is 42.5 Å². The lowest BCUT2D eigenvalue weighted by Crippen LogP contribution is -2.00. The van der Waals surface area contributed by atoms with Gasteiger partial charge in [-0.3, -0.25) is 4.57 Å². The molecule has 3 heteroatoms. The van der Waals surface area contributed by atoms with E-state index in [-0.39, 0.29) is 0 Å². The Balaban J connectivity index is 2.09. The molecule has 3 nitrogen and oxygen atoms in total. The van der Waals surface area contributed by atoms with E-state index < -0.39 is 0 Å². The van der Waals surface area contributed by atoms with Crippen LogP contribution in [0, 0.1) is 6.92 Å². The average molecular weight is 285 g/mol. The molecule has 0 saturated carbocycles. The van der Waals surface area contributed by atoms with E-state index in [0.29, 0.717) is 0 Å². The van der Waals surface area contributed by atoms with Gasteiger partial charge in [-0.2, -0.15) is 0 Å². The Hall–Kier alpha value is -2.94. The summed E-state index contributed by atoms with van der Waals surface area (Å²) in [6.07, 6.45) is 1.81. The van der Waals surface area contributed by atoms with Gasteiger partial charge in [0.15, 0.2) is 0 Å². The molecule has 4 aromatic rings. The monoisotopic (exact) mass is 285 g/mol. The molecule has 4 rings (SSSR count). The topological polar surface area (TPSA) is 30.7 Å². The first-order valence-electron chi connectivity index (χ1n) is 7.29. The van der Waals surface area contributed by atoms with E-state index in [1.54, 1.807) is 0 Å². The van der Waals surface area contributed by atoms with Crippen molar-refractivity contribution in [3.63, 3.8) is 0 Å². The summed E-state index contributed by atoms with van der Waals surface area (Å²) in [7, 11) is 0. The number of hydrogen-bond acceptors (Lipinski definition) is 2. The molecule has 2 aromatic carbocycles. The molecule has 22 heavy (non-hydrogen) atoms. The maximum Gasteiger partial charge on any atom is 0.147 e. The van der Waals surface area contributed by atoms with Gasteiger partial charge in [-0.25, -0.2) is 9.97 Å². The maximum atomic E-state index is 4.84. The summed E-state index contributed by atoms with van der Waals surface area (Å²) >= 11 is 0. The van der Waals surface area contributed by atoms with Gasteiger partial charge >= 0.3 is 0 Å². The van der Waals surface area contributed by atoms with E-state index in [9.17, 15) is 0 Å². The maximum absolute atomic E-state index is 4.84. The number of para-hydroxylation sites is 2. The molecule has 0 radical (unpaired) electrons. The summed E-state index contributed by atoms with van der Waals surface area (Å²) in [4.78, 5) is 9.35. The van der Waals surface area contributed by atoms with Gasteiger partial charge in [0.25, 0.3) is 0 Å². The number of rotatable bonds is 2. The quantitative estimate of drug-likeness (QED) is 0.546. The van der Waals surface area contributed by atoms with Crippen LogP contribution in [-0.4, -0.2) is 14.5 Å². The predicted octanol–water partition coefficient (Wildman–Crippen LogP) is 4.40. The van der Waals surface area contributed by atoms with Gasteiger partial charge in [0.1, 0.15) is 11.6 Å². The lowest BCUT2D eigenvalue weighted by molar-refractivity contribution is 1.03. The Kier molecular flexibility index (Phi) is 2.97. The molecule has 0 aliphatic heterocycles. The van der Waals surface area contributed by atoms with Crippen molar-refractivity contribution in [1.29, 1.82) is 0 Å². The highest BCUT2D eigenvalue weighted by Gasteiger charge is 2.15. The van der Waals surface area contributed by atoms with Crippen molar-refractivity contribution in [2.24, 2.45) is 0 Å². The van der Waals surface area contributed by atoms with Crippen LogP contribution >= 0.6 is 0 Å². The van der Waals surface area contributed by atoms with E-state index in [0.717, 1.165) is 28.2 Å². The van der Waals surface area contributed by atoms with Gasteiger partial charge in [0.05, 0.1) is 11.0 Å². The summed E-state index contributed by atoms with van der Waals surface area (Å²) in [5, 5.41) is 0. The summed E-state index contributed by atoms with van der Waals surface area (Å²) in [6.45, 7) is 2.11. The van der Waals surface area contributed by atoms with E-state index in [1.165, 1.54) is 5.56 Å². The third-order valence-corrected chi connectivity index (χ3v) is 3.83. The Morgan fingerprint density at radius 2 is 1.59 bits per heavy atom. The van der Waals surface area contributed by atoms with E-state index in [1.807, 2.05) is 54.7 Å². The van der Waals surface area contributed by atoms with E-state index in [2.05, 4.69) is 34.7 Å². The fraction of sp³-hybridized carbons (Fsp3) is 0.0526. The average Bonchev–Trinajstić information content (AvgIpc) is 2.95. The highest BCUT2D eigenvalue weighted by Crippen LogP contribution is 2.29. The standard InChI is InChI=1S/C19H15N3/c1-14-8-2-3-9-15(14)19-21-16-10-4-5-11-17(16)22(19)18-12-6-7-13-20-18/h2-13H,1H3. The molecule has 0 amide bonds. The Morgan fingerprint density at radius 3 is 2.41 bits per heavy atom. The Labute approximate surface area is 128 Å². The smallest absolute Gasteiger partial charge is 0.147 e. The molecule has 0 unspecified atom stereocenters. The highest BCUT2D eigenvalue weighted by atomic mass is 15.1. The van der Waals surface area contributed by atoms with Crippen LogP contribution in [0.4, 0.5) is 0 Å². The second-order valence-electron chi connectivity index (χ2n) is 5.26. The second kappa shape index (κ2) is 5.11. The van der Waals surface area contributed by atoms with Gasteiger partial charge in [0, 0.05) is 11.8 Å². The zero-order chi connectivity index (χ0) is 14.9. The molecule has 0 saturated heterocycles. The van der Waals surface area contributed by atoms with Crippen molar-refractivity contribution in [2.75, 3.05) is 0 Å². The molecule has 2 aromatic heterocycles. The van der Waals surface area contributed by atoms with Gasteiger partial charge < -0.3 is 0 Å².